The topological polar surface area (TPSA) is 63.1 Å². The lowest BCUT2D eigenvalue weighted by molar-refractivity contribution is 0.0407. The second-order valence-corrected chi connectivity index (χ2v) is 8.63. The van der Waals surface area contributed by atoms with Gasteiger partial charge < -0.3 is 14.4 Å². The van der Waals surface area contributed by atoms with Crippen molar-refractivity contribution in [3.05, 3.63) is 41.7 Å². The maximum atomic E-state index is 12.9. The molecule has 2 aromatic rings. The number of benzene rings is 1. The number of carbonyl (C=O) groups excluding carboxylic acids is 1. The van der Waals surface area contributed by atoms with Gasteiger partial charge in [0.15, 0.2) is 11.5 Å². The molecule has 3 aliphatic heterocycles. The summed E-state index contributed by atoms with van der Waals surface area (Å²) in [7, 11) is 0. The van der Waals surface area contributed by atoms with Gasteiger partial charge in [0.25, 0.3) is 5.91 Å². The number of piperidine rings is 1. The van der Waals surface area contributed by atoms with Crippen LogP contribution in [0, 0.1) is 0 Å². The first-order chi connectivity index (χ1) is 15.2. The molecule has 1 amide bonds. The molecule has 0 N–H and O–H groups in total. The minimum absolute atomic E-state index is 0.117. The van der Waals surface area contributed by atoms with Gasteiger partial charge in [-0.2, -0.15) is 5.10 Å². The molecule has 1 unspecified atom stereocenters. The number of hydrogen-bond donors (Lipinski definition) is 0. The average molecular weight is 426 g/mol. The fourth-order valence-electron chi connectivity index (χ4n) is 4.85. The summed E-state index contributed by atoms with van der Waals surface area (Å²) >= 11 is 0. The number of amides is 1. The summed E-state index contributed by atoms with van der Waals surface area (Å²) < 4.78 is 12.7. The van der Waals surface area contributed by atoms with Crippen molar-refractivity contribution >= 4 is 5.91 Å². The van der Waals surface area contributed by atoms with Gasteiger partial charge in [-0.3, -0.25) is 19.3 Å². The molecule has 31 heavy (non-hydrogen) atoms. The lowest BCUT2D eigenvalue weighted by Gasteiger charge is -2.43. The van der Waals surface area contributed by atoms with Crippen LogP contribution in [0.3, 0.4) is 0 Å². The molecule has 0 spiro atoms. The Morgan fingerprint density at radius 2 is 1.97 bits per heavy atom. The van der Waals surface area contributed by atoms with Crippen molar-refractivity contribution in [3.63, 3.8) is 0 Å². The molecule has 8 nitrogen and oxygen atoms in total. The number of carbonyl (C=O) groups is 1. The van der Waals surface area contributed by atoms with Crippen molar-refractivity contribution in [1.82, 2.24) is 24.5 Å². The summed E-state index contributed by atoms with van der Waals surface area (Å²) in [5.41, 5.74) is 1.97. The average Bonchev–Trinajstić information content (AvgIpc) is 3.48. The second kappa shape index (κ2) is 8.88. The zero-order chi connectivity index (χ0) is 21.2. The molecule has 1 aromatic heterocycles. The predicted molar refractivity (Wildman–Crippen MR) is 116 cm³/mol. The summed E-state index contributed by atoms with van der Waals surface area (Å²) in [6.07, 6.45) is 5.79. The monoisotopic (exact) mass is 425 g/mol. The third kappa shape index (κ3) is 4.41. The molecule has 1 aromatic carbocycles. The van der Waals surface area contributed by atoms with Gasteiger partial charge in [-0.1, -0.05) is 6.07 Å². The Balaban J connectivity index is 1.13. The van der Waals surface area contributed by atoms with Crippen LogP contribution in [0.15, 0.2) is 30.6 Å². The number of fused-ring (bicyclic) bond motifs is 1. The van der Waals surface area contributed by atoms with Crippen LogP contribution in [0.2, 0.25) is 0 Å². The van der Waals surface area contributed by atoms with Crippen molar-refractivity contribution in [3.8, 4) is 11.5 Å². The number of aromatic nitrogens is 2. The first-order valence-corrected chi connectivity index (χ1v) is 11.4. The number of rotatable bonds is 5. The summed E-state index contributed by atoms with van der Waals surface area (Å²) in [4.78, 5) is 20.0. The van der Waals surface area contributed by atoms with Crippen molar-refractivity contribution < 1.29 is 14.3 Å². The summed E-state index contributed by atoms with van der Waals surface area (Å²) in [6, 6.07) is 6.68. The van der Waals surface area contributed by atoms with Crippen molar-refractivity contribution in [2.24, 2.45) is 0 Å². The summed E-state index contributed by atoms with van der Waals surface area (Å²) in [5, 5.41) is 4.26. The van der Waals surface area contributed by atoms with Gasteiger partial charge in [-0.25, -0.2) is 0 Å². The Labute approximate surface area is 183 Å². The largest absolute Gasteiger partial charge is 0.454 e. The molecule has 3 aliphatic rings. The maximum Gasteiger partial charge on any atom is 0.257 e. The van der Waals surface area contributed by atoms with Crippen LogP contribution in [0.5, 0.6) is 11.5 Å². The lowest BCUT2D eigenvalue weighted by atomic mass is 10.0. The van der Waals surface area contributed by atoms with E-state index in [9.17, 15) is 4.79 Å². The van der Waals surface area contributed by atoms with E-state index in [4.69, 9.17) is 9.47 Å². The number of piperazine rings is 1. The smallest absolute Gasteiger partial charge is 0.257 e. The van der Waals surface area contributed by atoms with Gasteiger partial charge in [-0.05, 0) is 37.5 Å². The van der Waals surface area contributed by atoms with Gasteiger partial charge in [0.2, 0.25) is 6.79 Å². The van der Waals surface area contributed by atoms with E-state index < -0.39 is 0 Å². The van der Waals surface area contributed by atoms with E-state index >= 15 is 0 Å². The Bertz CT molecular complexity index is 922. The first-order valence-electron chi connectivity index (χ1n) is 11.4. The van der Waals surface area contributed by atoms with Crippen LogP contribution >= 0.6 is 0 Å². The highest BCUT2D eigenvalue weighted by atomic mass is 16.7. The molecule has 166 valence electrons. The van der Waals surface area contributed by atoms with E-state index in [1.54, 1.807) is 6.20 Å². The molecule has 0 aliphatic carbocycles. The van der Waals surface area contributed by atoms with E-state index in [1.165, 1.54) is 12.0 Å². The number of aryl methyl sites for hydroxylation is 1. The number of ether oxygens (including phenoxy) is 2. The third-order valence-electron chi connectivity index (χ3n) is 6.65. The van der Waals surface area contributed by atoms with Crippen LogP contribution < -0.4 is 9.47 Å². The van der Waals surface area contributed by atoms with E-state index in [0.29, 0.717) is 18.4 Å². The predicted octanol–water partition coefficient (Wildman–Crippen LogP) is 2.05. The summed E-state index contributed by atoms with van der Waals surface area (Å²) in [5.74, 6) is 1.81. The quantitative estimate of drug-likeness (QED) is 0.731. The molecular weight excluding hydrogens is 394 g/mol. The number of hydrogen-bond acceptors (Lipinski definition) is 6. The number of nitrogens with zero attached hydrogens (tertiary/aromatic N) is 5. The fraction of sp³-hybridized carbons (Fsp3) is 0.565. The minimum Gasteiger partial charge on any atom is -0.454 e. The van der Waals surface area contributed by atoms with Gasteiger partial charge in [0, 0.05) is 64.6 Å². The van der Waals surface area contributed by atoms with Gasteiger partial charge in [0.1, 0.15) is 0 Å². The van der Waals surface area contributed by atoms with Crippen molar-refractivity contribution in [1.29, 1.82) is 0 Å². The molecule has 2 fully saturated rings. The van der Waals surface area contributed by atoms with Crippen LogP contribution in [-0.4, -0.2) is 82.5 Å². The zero-order valence-electron chi connectivity index (χ0n) is 18.2. The molecule has 2 saturated heterocycles. The second-order valence-electron chi connectivity index (χ2n) is 8.63. The van der Waals surface area contributed by atoms with Crippen molar-refractivity contribution in [2.75, 3.05) is 46.1 Å². The highest BCUT2D eigenvalue weighted by Crippen LogP contribution is 2.33. The van der Waals surface area contributed by atoms with Gasteiger partial charge in [-0.15, -0.1) is 0 Å². The highest BCUT2D eigenvalue weighted by molar-refractivity contribution is 5.93. The van der Waals surface area contributed by atoms with Crippen LogP contribution in [-0.2, 0) is 13.1 Å². The molecule has 5 rings (SSSR count). The standard InChI is InChI=1S/C23H31N5O3/c1-2-28-15-19(13-24-28)23(29)27-7-3-4-20(16-27)26-10-8-25(9-11-26)14-18-5-6-21-22(12-18)31-17-30-21/h5-6,12-13,15,20H,2-4,7-11,14,16-17H2,1H3. The highest BCUT2D eigenvalue weighted by Gasteiger charge is 2.30. The minimum atomic E-state index is 0.117. The molecule has 4 heterocycles. The summed E-state index contributed by atoms with van der Waals surface area (Å²) in [6.45, 7) is 9.91. The molecule has 0 bridgehead atoms. The molecule has 1 atom stereocenters. The first kappa shape index (κ1) is 20.3. The van der Waals surface area contributed by atoms with E-state index in [1.807, 2.05) is 28.8 Å². The SMILES string of the molecule is CCn1cc(C(=O)N2CCCC(N3CCN(Cc4ccc5c(c4)OCO5)CC3)C2)cn1. The van der Waals surface area contributed by atoms with E-state index in [0.717, 1.165) is 70.3 Å². The molecule has 8 heteroatoms. The van der Waals surface area contributed by atoms with Crippen LogP contribution in [0.4, 0.5) is 0 Å². The molecular formula is C23H31N5O3. The van der Waals surface area contributed by atoms with Crippen LogP contribution in [0.25, 0.3) is 0 Å². The third-order valence-corrected chi connectivity index (χ3v) is 6.65. The Morgan fingerprint density at radius 1 is 1.13 bits per heavy atom. The molecule has 0 radical (unpaired) electrons. The Morgan fingerprint density at radius 3 is 2.77 bits per heavy atom. The van der Waals surface area contributed by atoms with Crippen LogP contribution in [0.1, 0.15) is 35.7 Å². The molecule has 0 saturated carbocycles. The van der Waals surface area contributed by atoms with E-state index in [-0.39, 0.29) is 5.91 Å². The zero-order valence-corrected chi connectivity index (χ0v) is 18.2. The Hall–Kier alpha value is -2.58. The number of likely N-dealkylation sites (tertiary alicyclic amines) is 1. The van der Waals surface area contributed by atoms with E-state index in [2.05, 4.69) is 27.0 Å². The normalized spacial score (nSPS) is 22.1. The Kier molecular flexibility index (Phi) is 5.82. The fourth-order valence-corrected chi connectivity index (χ4v) is 4.85. The lowest BCUT2D eigenvalue weighted by Crippen LogP contribution is -2.55. The maximum absolute atomic E-state index is 12.9. The van der Waals surface area contributed by atoms with Gasteiger partial charge >= 0.3 is 0 Å². The van der Waals surface area contributed by atoms with Crippen molar-refractivity contribution in [2.45, 2.75) is 38.9 Å². The van der Waals surface area contributed by atoms with Gasteiger partial charge in [0.05, 0.1) is 11.8 Å².